The normalized spacial score (nSPS) is 19.3. The molecule has 0 unspecified atom stereocenters. The Morgan fingerprint density at radius 2 is 1.88 bits per heavy atom. The highest BCUT2D eigenvalue weighted by atomic mass is 28.2. The van der Waals surface area contributed by atoms with Gasteiger partial charge in [0, 0.05) is 5.69 Å². The van der Waals surface area contributed by atoms with Gasteiger partial charge in [0.1, 0.15) is 16.4 Å². The Morgan fingerprint density at radius 1 is 1.29 bits per heavy atom. The lowest BCUT2D eigenvalue weighted by atomic mass is 10.0. The molecule has 0 radical (unpaired) electrons. The third-order valence-electron chi connectivity index (χ3n) is 3.00. The zero-order valence-electron chi connectivity index (χ0n) is 10.5. The van der Waals surface area contributed by atoms with Gasteiger partial charge in [0.05, 0.1) is 0 Å². The number of hydrogen-bond donors (Lipinski definition) is 1. The molecule has 0 spiro atoms. The van der Waals surface area contributed by atoms with Gasteiger partial charge in [0.15, 0.2) is 0 Å². The topological polar surface area (TPSA) is 48.5 Å². The summed E-state index contributed by atoms with van der Waals surface area (Å²) >= 11 is 0. The summed E-state index contributed by atoms with van der Waals surface area (Å²) in [5, 5.41) is 10.0. The molecule has 4 nitrogen and oxygen atoms in total. The van der Waals surface area contributed by atoms with Crippen molar-refractivity contribution in [2.24, 2.45) is 5.92 Å². The molecule has 2 rings (SSSR count). The minimum Gasteiger partial charge on any atom is -0.397 e. The van der Waals surface area contributed by atoms with E-state index in [-0.39, 0.29) is 6.04 Å². The first-order valence-electron chi connectivity index (χ1n) is 5.90. The molecule has 1 aliphatic rings. The van der Waals surface area contributed by atoms with Crippen molar-refractivity contribution < 1.29 is 14.9 Å². The van der Waals surface area contributed by atoms with Crippen LogP contribution in [0.25, 0.3) is 0 Å². The van der Waals surface area contributed by atoms with Crippen LogP contribution in [0.15, 0.2) is 30.3 Å². The number of anilines is 1. The van der Waals surface area contributed by atoms with Crippen LogP contribution < -0.4 is 4.57 Å². The van der Waals surface area contributed by atoms with Crippen LogP contribution in [0, 0.1) is 5.92 Å². The van der Waals surface area contributed by atoms with Crippen LogP contribution in [-0.2, 0) is 9.78 Å². The van der Waals surface area contributed by atoms with Crippen LogP contribution in [-0.4, -0.2) is 27.5 Å². The van der Waals surface area contributed by atoms with Crippen molar-refractivity contribution in [2.75, 3.05) is 4.57 Å². The third kappa shape index (κ3) is 2.87. The maximum Gasteiger partial charge on any atom is 0.357 e. The Bertz CT molecular complexity index is 367. The van der Waals surface area contributed by atoms with E-state index in [1.165, 1.54) is 0 Å². The minimum atomic E-state index is -1.41. The average molecular weight is 253 g/mol. The van der Waals surface area contributed by atoms with Crippen LogP contribution in [0.2, 0.25) is 0 Å². The van der Waals surface area contributed by atoms with E-state index in [2.05, 4.69) is 18.4 Å². The zero-order valence-corrected chi connectivity index (χ0v) is 12.5. The molecule has 5 heteroatoms. The van der Waals surface area contributed by atoms with E-state index in [1.54, 1.807) is 0 Å². The molecule has 1 atom stereocenters. The van der Waals surface area contributed by atoms with Gasteiger partial charge in [0.2, 0.25) is 0 Å². The summed E-state index contributed by atoms with van der Waals surface area (Å²) in [7, 11) is 0.799. The molecule has 1 aromatic carbocycles. The Kier molecular flexibility index (Phi) is 3.53. The number of rotatable bonds is 5. The van der Waals surface area contributed by atoms with E-state index in [0.717, 1.165) is 22.5 Å². The molecule has 0 aliphatic carbocycles. The molecule has 0 aromatic heterocycles. The van der Waals surface area contributed by atoms with Crippen LogP contribution in [0.5, 0.6) is 0 Å². The maximum atomic E-state index is 10.0. The molecule has 1 heterocycles. The predicted molar refractivity (Wildman–Crippen MR) is 69.2 cm³/mol. The van der Waals surface area contributed by atoms with Crippen molar-refractivity contribution in [1.29, 1.82) is 0 Å². The van der Waals surface area contributed by atoms with Crippen molar-refractivity contribution in [1.82, 2.24) is 0 Å². The van der Waals surface area contributed by atoms with Crippen molar-refractivity contribution >= 4 is 16.1 Å². The van der Waals surface area contributed by atoms with E-state index in [9.17, 15) is 5.11 Å². The quantitative estimate of drug-likeness (QED) is 0.479. The Labute approximate surface area is 105 Å². The van der Waals surface area contributed by atoms with E-state index >= 15 is 0 Å². The monoisotopic (exact) mass is 253 g/mol. The van der Waals surface area contributed by atoms with Crippen LogP contribution in [0.4, 0.5) is 5.69 Å². The smallest absolute Gasteiger partial charge is 0.357 e. The Morgan fingerprint density at radius 3 is 2.35 bits per heavy atom. The average Bonchev–Trinajstić information content (AvgIpc) is 3.05. The molecule has 0 bridgehead atoms. The highest BCUT2D eigenvalue weighted by Crippen LogP contribution is 2.37. The number of aliphatic hydroxyl groups is 1. The first-order chi connectivity index (χ1) is 8.03. The van der Waals surface area contributed by atoms with Gasteiger partial charge in [-0.2, -0.15) is 9.78 Å². The molecular weight excluding hydrogens is 234 g/mol. The van der Waals surface area contributed by atoms with Crippen LogP contribution in [0.1, 0.15) is 20.3 Å². The predicted octanol–water partition coefficient (Wildman–Crippen LogP) is 0.796. The second-order valence-corrected chi connectivity index (χ2v) is 5.85. The van der Waals surface area contributed by atoms with Gasteiger partial charge < -0.3 is 9.67 Å². The zero-order chi connectivity index (χ0) is 12.5. The second kappa shape index (κ2) is 4.78. The summed E-state index contributed by atoms with van der Waals surface area (Å²) in [6.45, 7) is 4.25. The minimum absolute atomic E-state index is 0.142. The van der Waals surface area contributed by atoms with E-state index in [4.69, 9.17) is 9.78 Å². The second-order valence-electron chi connectivity index (χ2n) is 4.89. The lowest BCUT2D eigenvalue weighted by molar-refractivity contribution is 0.0000848. The van der Waals surface area contributed by atoms with Gasteiger partial charge in [-0.05, 0) is 24.5 Å². The van der Waals surface area contributed by atoms with Crippen molar-refractivity contribution in [3.05, 3.63) is 30.3 Å². The Hall–Kier alpha value is -0.883. The molecule has 1 saturated heterocycles. The highest BCUT2D eigenvalue weighted by Gasteiger charge is 2.56. The SMILES string of the molecule is CC(C)C[C@H](N([SiH3])c1ccccc1)C1(O)OO1. The summed E-state index contributed by atoms with van der Waals surface area (Å²) in [4.78, 5) is 9.48. The standard InChI is InChI=1S/C12H19NO3Si/c1-9(2)8-11(12(14)15-16-12)13(17)10-6-4-3-5-7-10/h3-7,9,11,14H,8H2,1-2,17H3/t11-/m0/s1. The van der Waals surface area contributed by atoms with Crippen LogP contribution in [0.3, 0.4) is 0 Å². The molecule has 0 amide bonds. The van der Waals surface area contributed by atoms with E-state index in [1.807, 2.05) is 30.3 Å². The van der Waals surface area contributed by atoms with Gasteiger partial charge in [-0.15, -0.1) is 0 Å². The maximum absolute atomic E-state index is 10.0. The van der Waals surface area contributed by atoms with Gasteiger partial charge in [-0.1, -0.05) is 32.0 Å². The first kappa shape index (κ1) is 12.6. The summed E-state index contributed by atoms with van der Waals surface area (Å²) in [6.07, 6.45) is 0.828. The van der Waals surface area contributed by atoms with Gasteiger partial charge in [-0.3, -0.25) is 0 Å². The molecule has 17 heavy (non-hydrogen) atoms. The summed E-state index contributed by atoms with van der Waals surface area (Å²) in [6, 6.07) is 9.89. The number of nitrogens with zero attached hydrogens (tertiary/aromatic N) is 1. The van der Waals surface area contributed by atoms with Gasteiger partial charge in [0.25, 0.3) is 0 Å². The van der Waals surface area contributed by atoms with Crippen molar-refractivity contribution in [3.8, 4) is 0 Å². The molecule has 1 aromatic rings. The van der Waals surface area contributed by atoms with Gasteiger partial charge >= 0.3 is 5.97 Å². The summed E-state index contributed by atoms with van der Waals surface area (Å²) in [5.74, 6) is -0.945. The van der Waals surface area contributed by atoms with Crippen LogP contribution >= 0.6 is 0 Å². The summed E-state index contributed by atoms with van der Waals surface area (Å²) in [5.41, 5.74) is 1.09. The molecule has 1 aliphatic heterocycles. The number of hydrogen-bond acceptors (Lipinski definition) is 4. The van der Waals surface area contributed by atoms with Crippen molar-refractivity contribution in [2.45, 2.75) is 32.3 Å². The molecule has 1 fully saturated rings. The lowest BCUT2D eigenvalue weighted by Crippen LogP contribution is -2.45. The fourth-order valence-corrected chi connectivity index (χ4v) is 2.83. The van der Waals surface area contributed by atoms with Gasteiger partial charge in [-0.25, -0.2) is 0 Å². The summed E-state index contributed by atoms with van der Waals surface area (Å²) < 4.78 is 2.13. The van der Waals surface area contributed by atoms with E-state index < -0.39 is 5.97 Å². The third-order valence-corrected chi connectivity index (χ3v) is 4.14. The van der Waals surface area contributed by atoms with Crippen molar-refractivity contribution in [3.63, 3.8) is 0 Å². The fraction of sp³-hybridized carbons (Fsp3) is 0.500. The lowest BCUT2D eigenvalue weighted by Gasteiger charge is -2.31. The molecule has 94 valence electrons. The number of benzene rings is 1. The Balaban J connectivity index is 2.16. The largest absolute Gasteiger partial charge is 0.397 e. The first-order valence-corrected chi connectivity index (χ1v) is 6.79. The highest BCUT2D eigenvalue weighted by molar-refractivity contribution is 6.18. The molecule has 1 N–H and O–H groups in total. The number of para-hydroxylation sites is 1. The van der Waals surface area contributed by atoms with E-state index in [0.29, 0.717) is 5.92 Å². The molecular formula is C12H19NO3Si. The fourth-order valence-electron chi connectivity index (χ4n) is 2.00. The molecule has 0 saturated carbocycles.